The Bertz CT molecular complexity index is 493. The van der Waals surface area contributed by atoms with Crippen LogP contribution >= 0.6 is 0 Å². The van der Waals surface area contributed by atoms with E-state index in [1.54, 1.807) is 4.68 Å². The standard InChI is InChI=1S/C10H13N3O3/c1-11-10(15)8-9(16-2)7(14)5-6-3-4-12-13(6)8/h5,12H,3-4H2,1-2H3,(H,11,15). The molecule has 0 aromatic carbocycles. The van der Waals surface area contributed by atoms with E-state index in [9.17, 15) is 9.59 Å². The highest BCUT2D eigenvalue weighted by Gasteiger charge is 2.24. The van der Waals surface area contributed by atoms with E-state index in [1.807, 2.05) is 0 Å². The highest BCUT2D eigenvalue weighted by molar-refractivity contribution is 5.95. The maximum Gasteiger partial charge on any atom is 0.273 e. The van der Waals surface area contributed by atoms with Crippen LogP contribution in [0.3, 0.4) is 0 Å². The van der Waals surface area contributed by atoms with Gasteiger partial charge in [-0.25, -0.2) is 0 Å². The normalized spacial score (nSPS) is 12.9. The number of aromatic nitrogens is 1. The summed E-state index contributed by atoms with van der Waals surface area (Å²) in [7, 11) is 2.90. The summed E-state index contributed by atoms with van der Waals surface area (Å²) in [5.41, 5.74) is 3.78. The zero-order valence-electron chi connectivity index (χ0n) is 9.16. The molecule has 0 bridgehead atoms. The van der Waals surface area contributed by atoms with Gasteiger partial charge in [-0.15, -0.1) is 0 Å². The smallest absolute Gasteiger partial charge is 0.273 e. The van der Waals surface area contributed by atoms with Crippen LogP contribution in [0.2, 0.25) is 0 Å². The first-order valence-electron chi connectivity index (χ1n) is 4.98. The fourth-order valence-corrected chi connectivity index (χ4v) is 1.82. The average Bonchev–Trinajstić information content (AvgIpc) is 2.73. The Morgan fingerprint density at radius 3 is 3.00 bits per heavy atom. The lowest BCUT2D eigenvalue weighted by Crippen LogP contribution is -2.29. The molecule has 86 valence electrons. The van der Waals surface area contributed by atoms with Crippen LogP contribution in [0.5, 0.6) is 5.75 Å². The van der Waals surface area contributed by atoms with E-state index in [0.717, 1.165) is 12.1 Å². The summed E-state index contributed by atoms with van der Waals surface area (Å²) in [5.74, 6) is -0.275. The minimum Gasteiger partial charge on any atom is -0.491 e. The van der Waals surface area contributed by atoms with E-state index < -0.39 is 0 Å². The highest BCUT2D eigenvalue weighted by Crippen LogP contribution is 2.17. The zero-order valence-corrected chi connectivity index (χ0v) is 9.16. The molecule has 0 saturated heterocycles. The van der Waals surface area contributed by atoms with Gasteiger partial charge in [0.15, 0.2) is 11.4 Å². The second-order valence-electron chi connectivity index (χ2n) is 3.45. The SMILES string of the molecule is CNC(=O)c1c(OC)c(=O)cc2n1NCC2. The number of methoxy groups -OCH3 is 1. The molecule has 1 aliphatic rings. The molecule has 6 heteroatoms. The van der Waals surface area contributed by atoms with Crippen molar-refractivity contribution < 1.29 is 9.53 Å². The number of carbonyl (C=O) groups is 1. The first-order valence-corrected chi connectivity index (χ1v) is 4.98. The van der Waals surface area contributed by atoms with Gasteiger partial charge < -0.3 is 15.5 Å². The summed E-state index contributed by atoms with van der Waals surface area (Å²) in [5, 5.41) is 2.49. The van der Waals surface area contributed by atoms with Gasteiger partial charge in [-0.2, -0.15) is 0 Å². The third-order valence-electron chi connectivity index (χ3n) is 2.54. The fraction of sp³-hybridized carbons (Fsp3) is 0.400. The maximum atomic E-state index is 11.7. The molecular formula is C10H13N3O3. The van der Waals surface area contributed by atoms with Gasteiger partial charge in [0.1, 0.15) is 0 Å². The van der Waals surface area contributed by atoms with Crippen LogP contribution < -0.4 is 20.9 Å². The van der Waals surface area contributed by atoms with Gasteiger partial charge in [-0.05, 0) is 0 Å². The Labute approximate surface area is 92.2 Å². The van der Waals surface area contributed by atoms with Gasteiger partial charge in [0.25, 0.3) is 5.91 Å². The second kappa shape index (κ2) is 3.88. The Hall–Kier alpha value is -1.98. The van der Waals surface area contributed by atoms with E-state index in [4.69, 9.17) is 4.74 Å². The molecule has 1 aliphatic heterocycles. The Morgan fingerprint density at radius 2 is 2.38 bits per heavy atom. The average molecular weight is 223 g/mol. The third kappa shape index (κ3) is 1.42. The summed E-state index contributed by atoms with van der Waals surface area (Å²) in [6, 6.07) is 1.49. The molecule has 0 fully saturated rings. The molecule has 1 aromatic rings. The largest absolute Gasteiger partial charge is 0.491 e. The minimum atomic E-state index is -0.342. The van der Waals surface area contributed by atoms with Crippen LogP contribution in [0, 0.1) is 0 Å². The number of ether oxygens (including phenoxy) is 1. The van der Waals surface area contributed by atoms with E-state index in [2.05, 4.69) is 10.7 Å². The molecule has 1 amide bonds. The zero-order chi connectivity index (χ0) is 11.7. The van der Waals surface area contributed by atoms with Crippen LogP contribution in [0.25, 0.3) is 0 Å². The number of carbonyl (C=O) groups excluding carboxylic acids is 1. The predicted molar refractivity (Wildman–Crippen MR) is 58.6 cm³/mol. The van der Waals surface area contributed by atoms with Crippen molar-refractivity contribution in [2.24, 2.45) is 0 Å². The first kappa shape index (κ1) is 10.5. The molecule has 16 heavy (non-hydrogen) atoms. The highest BCUT2D eigenvalue weighted by atomic mass is 16.5. The Balaban J connectivity index is 2.71. The van der Waals surface area contributed by atoms with E-state index in [0.29, 0.717) is 6.54 Å². The van der Waals surface area contributed by atoms with Gasteiger partial charge in [0.2, 0.25) is 5.43 Å². The van der Waals surface area contributed by atoms with Gasteiger partial charge in [-0.3, -0.25) is 14.3 Å². The lowest BCUT2D eigenvalue weighted by molar-refractivity contribution is 0.0950. The Kier molecular flexibility index (Phi) is 2.55. The molecule has 0 saturated carbocycles. The van der Waals surface area contributed by atoms with Gasteiger partial charge >= 0.3 is 0 Å². The van der Waals surface area contributed by atoms with Gasteiger partial charge in [-0.1, -0.05) is 0 Å². The van der Waals surface area contributed by atoms with Crippen molar-refractivity contribution in [3.8, 4) is 5.75 Å². The molecule has 0 spiro atoms. The molecule has 2 rings (SSSR count). The van der Waals surface area contributed by atoms with E-state index in [1.165, 1.54) is 20.2 Å². The van der Waals surface area contributed by atoms with E-state index in [-0.39, 0.29) is 22.8 Å². The number of nitrogens with one attached hydrogen (secondary N) is 2. The fourth-order valence-electron chi connectivity index (χ4n) is 1.82. The van der Waals surface area contributed by atoms with Crippen LogP contribution in [0.1, 0.15) is 16.2 Å². The molecule has 0 atom stereocenters. The maximum absolute atomic E-state index is 11.7. The van der Waals surface area contributed by atoms with Crippen LogP contribution in [-0.2, 0) is 6.42 Å². The van der Waals surface area contributed by atoms with Crippen molar-refractivity contribution in [1.82, 2.24) is 9.99 Å². The topological polar surface area (TPSA) is 72.4 Å². The summed E-state index contributed by atoms with van der Waals surface area (Å²) in [4.78, 5) is 23.4. The number of hydrogen-bond acceptors (Lipinski definition) is 4. The van der Waals surface area contributed by atoms with Crippen molar-refractivity contribution >= 4 is 5.91 Å². The van der Waals surface area contributed by atoms with Crippen molar-refractivity contribution in [2.45, 2.75) is 6.42 Å². The number of pyridine rings is 1. The summed E-state index contributed by atoms with van der Waals surface area (Å²) in [6.45, 7) is 0.705. The van der Waals surface area contributed by atoms with Crippen LogP contribution in [0.15, 0.2) is 10.9 Å². The predicted octanol–water partition coefficient (Wildman–Crippen LogP) is -0.684. The molecular weight excluding hydrogens is 210 g/mol. The van der Waals surface area contributed by atoms with Crippen molar-refractivity contribution in [2.75, 3.05) is 26.1 Å². The number of amides is 1. The van der Waals surface area contributed by atoms with Gasteiger partial charge in [0.05, 0.1) is 7.11 Å². The minimum absolute atomic E-state index is 0.0671. The quantitative estimate of drug-likeness (QED) is 0.696. The first-order chi connectivity index (χ1) is 7.69. The lowest BCUT2D eigenvalue weighted by Gasteiger charge is -2.14. The van der Waals surface area contributed by atoms with Crippen molar-refractivity contribution in [1.29, 1.82) is 0 Å². The monoisotopic (exact) mass is 223 g/mol. The molecule has 2 heterocycles. The molecule has 2 N–H and O–H groups in total. The van der Waals surface area contributed by atoms with Crippen LogP contribution in [0.4, 0.5) is 0 Å². The second-order valence-corrected chi connectivity index (χ2v) is 3.45. The van der Waals surface area contributed by atoms with Crippen molar-refractivity contribution in [3.05, 3.63) is 27.7 Å². The molecule has 6 nitrogen and oxygen atoms in total. The Morgan fingerprint density at radius 1 is 1.62 bits per heavy atom. The summed E-state index contributed by atoms with van der Waals surface area (Å²) >= 11 is 0. The number of rotatable bonds is 2. The van der Waals surface area contributed by atoms with Crippen LogP contribution in [-0.4, -0.2) is 31.3 Å². The van der Waals surface area contributed by atoms with Gasteiger partial charge in [0, 0.05) is 31.8 Å². The molecule has 0 aliphatic carbocycles. The number of nitrogens with zero attached hydrogens (tertiary/aromatic N) is 1. The third-order valence-corrected chi connectivity index (χ3v) is 2.54. The summed E-state index contributed by atoms with van der Waals surface area (Å²) < 4.78 is 6.60. The van der Waals surface area contributed by atoms with E-state index >= 15 is 0 Å². The number of fused-ring (bicyclic) bond motifs is 1. The van der Waals surface area contributed by atoms with Crippen molar-refractivity contribution in [3.63, 3.8) is 0 Å². The molecule has 0 unspecified atom stereocenters. The summed E-state index contributed by atoms with van der Waals surface area (Å²) in [6.07, 6.45) is 0.725. The number of hydrogen-bond donors (Lipinski definition) is 2. The molecule has 0 radical (unpaired) electrons. The lowest BCUT2D eigenvalue weighted by atomic mass is 10.2. The molecule has 1 aromatic heterocycles.